The van der Waals surface area contributed by atoms with Gasteiger partial charge in [0, 0.05) is 12.8 Å². The lowest BCUT2D eigenvalue weighted by atomic mass is 9.83. The van der Waals surface area contributed by atoms with Crippen LogP contribution in [0.1, 0.15) is 30.5 Å². The number of hydrogen-bond donors (Lipinski definition) is 3. The molecule has 0 radical (unpaired) electrons. The molecule has 8 heteroatoms. The third-order valence-electron chi connectivity index (χ3n) is 5.82. The number of hydrogen-bond acceptors (Lipinski definition) is 8. The Balaban J connectivity index is 1.75. The maximum absolute atomic E-state index is 12.9. The third kappa shape index (κ3) is 3.56. The first kappa shape index (κ1) is 21.7. The molecule has 2 aliphatic heterocycles. The van der Waals surface area contributed by atoms with E-state index in [1.165, 1.54) is 31.4 Å². The van der Waals surface area contributed by atoms with Crippen molar-refractivity contribution in [2.24, 2.45) is 0 Å². The highest BCUT2D eigenvalue weighted by Gasteiger charge is 2.55. The molecule has 0 aliphatic carbocycles. The second kappa shape index (κ2) is 7.56. The van der Waals surface area contributed by atoms with Gasteiger partial charge in [-0.25, -0.2) is 9.59 Å². The third-order valence-corrected chi connectivity index (χ3v) is 5.82. The van der Waals surface area contributed by atoms with Gasteiger partial charge in [0.2, 0.25) is 11.4 Å². The summed E-state index contributed by atoms with van der Waals surface area (Å²) in [7, 11) is 1.17. The SMILES string of the molecule is COC(=O)[C@]1(Cc2ccc3c(c2)O[C@@H](C(C)(C)O)C3)OC(=O)C(O)=C1c1ccc(O)cc1. The Hall–Kier alpha value is -3.52. The average Bonchev–Trinajstić information content (AvgIpc) is 3.28. The summed E-state index contributed by atoms with van der Waals surface area (Å²) in [6.45, 7) is 3.35. The van der Waals surface area contributed by atoms with Gasteiger partial charge >= 0.3 is 11.9 Å². The monoisotopic (exact) mass is 440 g/mol. The first-order chi connectivity index (χ1) is 15.0. The normalized spacial score (nSPS) is 22.4. The van der Waals surface area contributed by atoms with Crippen molar-refractivity contribution in [3.8, 4) is 11.5 Å². The molecule has 0 spiro atoms. The van der Waals surface area contributed by atoms with E-state index in [0.717, 1.165) is 5.56 Å². The molecule has 0 aromatic heterocycles. The van der Waals surface area contributed by atoms with E-state index < -0.39 is 35.0 Å². The molecule has 0 saturated carbocycles. The van der Waals surface area contributed by atoms with Gasteiger partial charge in [0.15, 0.2) is 0 Å². The minimum Gasteiger partial charge on any atom is -0.508 e. The predicted molar refractivity (Wildman–Crippen MR) is 113 cm³/mol. The highest BCUT2D eigenvalue weighted by atomic mass is 16.6. The minimum atomic E-state index is -1.92. The Kier molecular flexibility index (Phi) is 5.13. The number of benzene rings is 2. The maximum atomic E-state index is 12.9. The molecule has 2 atom stereocenters. The van der Waals surface area contributed by atoms with Gasteiger partial charge in [-0.2, -0.15) is 0 Å². The Labute approximate surface area is 184 Å². The number of aromatic hydroxyl groups is 1. The van der Waals surface area contributed by atoms with Gasteiger partial charge in [-0.05, 0) is 48.7 Å². The quantitative estimate of drug-likeness (QED) is 0.606. The number of methoxy groups -OCH3 is 1. The summed E-state index contributed by atoms with van der Waals surface area (Å²) in [5.41, 5.74) is -1.15. The lowest BCUT2D eigenvalue weighted by Gasteiger charge is -2.28. The lowest BCUT2D eigenvalue weighted by molar-refractivity contribution is -0.169. The van der Waals surface area contributed by atoms with E-state index in [9.17, 15) is 24.9 Å². The number of aliphatic hydroxyl groups is 2. The fourth-order valence-electron chi connectivity index (χ4n) is 4.12. The number of esters is 2. The molecule has 0 unspecified atom stereocenters. The summed E-state index contributed by atoms with van der Waals surface area (Å²) < 4.78 is 16.3. The summed E-state index contributed by atoms with van der Waals surface area (Å²) in [5, 5.41) is 30.4. The van der Waals surface area contributed by atoms with Crippen LogP contribution in [0.2, 0.25) is 0 Å². The Bertz CT molecular complexity index is 1110. The van der Waals surface area contributed by atoms with Crippen molar-refractivity contribution < 1.29 is 39.1 Å². The molecule has 0 fully saturated rings. The summed E-state index contributed by atoms with van der Waals surface area (Å²) in [5.74, 6) is -2.04. The van der Waals surface area contributed by atoms with E-state index in [0.29, 0.717) is 23.3 Å². The Morgan fingerprint density at radius 3 is 2.50 bits per heavy atom. The molecule has 8 nitrogen and oxygen atoms in total. The van der Waals surface area contributed by atoms with Crippen molar-refractivity contribution in [1.29, 1.82) is 0 Å². The van der Waals surface area contributed by atoms with Gasteiger partial charge in [-0.1, -0.05) is 24.3 Å². The maximum Gasteiger partial charge on any atom is 0.375 e. The predicted octanol–water partition coefficient (Wildman–Crippen LogP) is 2.45. The van der Waals surface area contributed by atoms with Crippen LogP contribution in [-0.2, 0) is 31.9 Å². The summed E-state index contributed by atoms with van der Waals surface area (Å²) >= 11 is 0. The smallest absolute Gasteiger partial charge is 0.375 e. The molecule has 32 heavy (non-hydrogen) atoms. The molecule has 3 N–H and O–H groups in total. The molecule has 0 saturated heterocycles. The molecule has 0 bridgehead atoms. The highest BCUT2D eigenvalue weighted by molar-refractivity contribution is 6.11. The van der Waals surface area contributed by atoms with Crippen LogP contribution in [0, 0.1) is 0 Å². The van der Waals surface area contributed by atoms with E-state index in [-0.39, 0.29) is 17.7 Å². The van der Waals surface area contributed by atoms with Crippen LogP contribution >= 0.6 is 0 Å². The van der Waals surface area contributed by atoms with E-state index in [4.69, 9.17) is 14.2 Å². The largest absolute Gasteiger partial charge is 0.508 e. The Morgan fingerprint density at radius 1 is 1.19 bits per heavy atom. The topological polar surface area (TPSA) is 123 Å². The fraction of sp³-hybridized carbons (Fsp3) is 0.333. The number of ether oxygens (including phenoxy) is 3. The number of carbonyl (C=O) groups excluding carboxylic acids is 2. The highest BCUT2D eigenvalue weighted by Crippen LogP contribution is 2.44. The van der Waals surface area contributed by atoms with Gasteiger partial charge < -0.3 is 29.5 Å². The zero-order valence-electron chi connectivity index (χ0n) is 17.9. The summed E-state index contributed by atoms with van der Waals surface area (Å²) in [4.78, 5) is 25.3. The molecule has 0 amide bonds. The van der Waals surface area contributed by atoms with Crippen molar-refractivity contribution in [3.63, 3.8) is 0 Å². The molecule has 2 aromatic rings. The van der Waals surface area contributed by atoms with Crippen LogP contribution in [0.5, 0.6) is 11.5 Å². The number of cyclic esters (lactones) is 1. The van der Waals surface area contributed by atoms with E-state index in [1.807, 2.05) is 6.07 Å². The van der Waals surface area contributed by atoms with Crippen molar-refractivity contribution in [2.75, 3.05) is 7.11 Å². The first-order valence-corrected chi connectivity index (χ1v) is 10.1. The van der Waals surface area contributed by atoms with E-state index in [1.54, 1.807) is 26.0 Å². The van der Waals surface area contributed by atoms with Crippen LogP contribution in [0.15, 0.2) is 48.2 Å². The van der Waals surface area contributed by atoms with Crippen molar-refractivity contribution >= 4 is 17.5 Å². The molecule has 168 valence electrons. The van der Waals surface area contributed by atoms with Crippen LogP contribution in [-0.4, -0.2) is 51.7 Å². The molecular formula is C24H24O8. The lowest BCUT2D eigenvalue weighted by Crippen LogP contribution is -2.44. The molecule has 4 rings (SSSR count). The number of fused-ring (bicyclic) bond motifs is 1. The molecular weight excluding hydrogens is 416 g/mol. The number of phenolic OH excluding ortho intramolecular Hbond substituents is 1. The van der Waals surface area contributed by atoms with Crippen LogP contribution in [0.4, 0.5) is 0 Å². The van der Waals surface area contributed by atoms with Crippen molar-refractivity contribution in [3.05, 3.63) is 64.9 Å². The van der Waals surface area contributed by atoms with Crippen molar-refractivity contribution in [1.82, 2.24) is 0 Å². The van der Waals surface area contributed by atoms with E-state index >= 15 is 0 Å². The second-order valence-corrected chi connectivity index (χ2v) is 8.56. The van der Waals surface area contributed by atoms with Crippen LogP contribution < -0.4 is 4.74 Å². The number of aliphatic hydroxyl groups excluding tert-OH is 1. The van der Waals surface area contributed by atoms with Gasteiger partial charge in [-0.3, -0.25) is 0 Å². The van der Waals surface area contributed by atoms with E-state index in [2.05, 4.69) is 0 Å². The van der Waals surface area contributed by atoms with Gasteiger partial charge in [0.05, 0.1) is 18.3 Å². The zero-order valence-corrected chi connectivity index (χ0v) is 17.9. The number of rotatable bonds is 5. The first-order valence-electron chi connectivity index (χ1n) is 10.1. The summed E-state index contributed by atoms with van der Waals surface area (Å²) in [6.07, 6.45) is 0.00805. The van der Waals surface area contributed by atoms with Crippen LogP contribution in [0.25, 0.3) is 5.57 Å². The van der Waals surface area contributed by atoms with Gasteiger partial charge in [-0.15, -0.1) is 0 Å². The minimum absolute atomic E-state index is 0.0140. The summed E-state index contributed by atoms with van der Waals surface area (Å²) in [6, 6.07) is 11.0. The Morgan fingerprint density at radius 2 is 1.88 bits per heavy atom. The molecule has 2 aliphatic rings. The molecule has 2 heterocycles. The van der Waals surface area contributed by atoms with Crippen molar-refractivity contribution in [2.45, 2.75) is 44.0 Å². The van der Waals surface area contributed by atoms with Gasteiger partial charge in [0.1, 0.15) is 17.6 Å². The zero-order chi connectivity index (χ0) is 23.3. The van der Waals surface area contributed by atoms with Crippen LogP contribution in [0.3, 0.4) is 0 Å². The number of carbonyl (C=O) groups is 2. The average molecular weight is 440 g/mol. The second-order valence-electron chi connectivity index (χ2n) is 8.56. The molecule has 2 aromatic carbocycles. The number of phenols is 1. The standard InChI is InChI=1S/C24H24O8/c1-23(2,29)18-11-15-5-4-13(10-17(15)31-18)12-24(22(28)30-3)19(20(26)21(27)32-24)14-6-8-16(25)9-7-14/h4-10,18,25-26,29H,11-12H2,1-3H3/t18-,24-/m1/s1. The van der Waals surface area contributed by atoms with Gasteiger partial charge in [0.25, 0.3) is 0 Å². The fourth-order valence-corrected chi connectivity index (χ4v) is 4.12.